The first-order valence-corrected chi connectivity index (χ1v) is 9.40. The summed E-state index contributed by atoms with van der Waals surface area (Å²) in [5.74, 6) is -0.270. The molecule has 0 aliphatic carbocycles. The van der Waals surface area contributed by atoms with Crippen LogP contribution in [0.5, 0.6) is 11.5 Å². The molecule has 0 spiro atoms. The third-order valence-corrected chi connectivity index (χ3v) is 5.69. The number of nitrogens with one attached hydrogen (secondary N) is 1. The summed E-state index contributed by atoms with van der Waals surface area (Å²) in [6, 6.07) is 8.79. The number of rotatable bonds is 4. The Bertz CT molecular complexity index is 796. The van der Waals surface area contributed by atoms with E-state index in [1.807, 2.05) is 0 Å². The van der Waals surface area contributed by atoms with Crippen LogP contribution in [0.2, 0.25) is 5.02 Å². The minimum atomic E-state index is -4.74. The van der Waals surface area contributed by atoms with E-state index in [-0.39, 0.29) is 17.5 Å². The maximum absolute atomic E-state index is 12.4. The minimum Gasteiger partial charge on any atom is -0.506 e. The summed E-state index contributed by atoms with van der Waals surface area (Å²) in [4.78, 5) is 2.16. The maximum Gasteiger partial charge on any atom is 0.573 e. The van der Waals surface area contributed by atoms with Crippen molar-refractivity contribution in [1.29, 1.82) is 0 Å². The highest BCUT2D eigenvalue weighted by Gasteiger charge is 2.32. The number of halogens is 5. The molecule has 0 radical (unpaired) electrons. The molecule has 2 N–H and O–H groups in total. The van der Waals surface area contributed by atoms with Crippen LogP contribution >= 0.6 is 27.5 Å². The van der Waals surface area contributed by atoms with Gasteiger partial charge in [0.05, 0.1) is 15.5 Å². The molecule has 2 aromatic rings. The quantitative estimate of drug-likeness (QED) is 0.687. The van der Waals surface area contributed by atoms with Crippen LogP contribution in [-0.4, -0.2) is 42.5 Å². The summed E-state index contributed by atoms with van der Waals surface area (Å²) in [7, 11) is 0. The second-order valence-corrected chi connectivity index (χ2v) is 7.30. The smallest absolute Gasteiger partial charge is 0.506 e. The van der Waals surface area contributed by atoms with Crippen LogP contribution < -0.4 is 10.1 Å². The lowest BCUT2D eigenvalue weighted by molar-refractivity contribution is -0.274. The predicted molar refractivity (Wildman–Crippen MR) is 100 cm³/mol. The van der Waals surface area contributed by atoms with Crippen LogP contribution in [0.4, 0.5) is 13.2 Å². The van der Waals surface area contributed by atoms with E-state index in [1.165, 1.54) is 12.1 Å². The van der Waals surface area contributed by atoms with Gasteiger partial charge in [-0.1, -0.05) is 29.8 Å². The molecule has 1 heterocycles. The van der Waals surface area contributed by atoms with Gasteiger partial charge in [-0.2, -0.15) is 0 Å². The Labute approximate surface area is 168 Å². The number of nitrogens with zero attached hydrogens (tertiary/aromatic N) is 1. The molecule has 0 saturated carbocycles. The monoisotopic (exact) mass is 464 g/mol. The normalized spacial score (nSPS) is 16.9. The number of phenols is 1. The molecule has 0 aromatic heterocycles. The number of phenolic OH excluding ortho intramolecular Hbond substituents is 1. The highest BCUT2D eigenvalue weighted by atomic mass is 79.9. The summed E-state index contributed by atoms with van der Waals surface area (Å²) in [6.45, 7) is 3.01. The lowest BCUT2D eigenvalue weighted by atomic mass is 9.95. The Balaban J connectivity index is 1.99. The van der Waals surface area contributed by atoms with E-state index in [0.29, 0.717) is 15.1 Å². The van der Waals surface area contributed by atoms with Crippen molar-refractivity contribution in [3.05, 3.63) is 57.0 Å². The van der Waals surface area contributed by atoms with Gasteiger partial charge in [0.25, 0.3) is 0 Å². The Morgan fingerprint density at radius 3 is 2.33 bits per heavy atom. The number of ether oxygens (including phenoxy) is 1. The largest absolute Gasteiger partial charge is 0.573 e. The number of hydrogen-bond acceptors (Lipinski definition) is 4. The topological polar surface area (TPSA) is 44.7 Å². The van der Waals surface area contributed by atoms with Crippen molar-refractivity contribution in [3.63, 3.8) is 0 Å². The Kier molecular flexibility index (Phi) is 6.20. The number of benzene rings is 2. The summed E-state index contributed by atoms with van der Waals surface area (Å²) < 4.78 is 41.5. The first kappa shape index (κ1) is 20.3. The van der Waals surface area contributed by atoms with Crippen molar-refractivity contribution in [1.82, 2.24) is 10.2 Å². The Morgan fingerprint density at radius 2 is 1.74 bits per heavy atom. The molecule has 146 valence electrons. The van der Waals surface area contributed by atoms with Gasteiger partial charge in [-0.15, -0.1) is 13.2 Å². The van der Waals surface area contributed by atoms with E-state index < -0.39 is 6.36 Å². The molecule has 1 atom stereocenters. The SMILES string of the molecule is Oc1c([C@H](c2ccc(OC(F)(F)F)cc2)N2CCNCC2)ccc(Cl)c1Br. The van der Waals surface area contributed by atoms with Gasteiger partial charge in [-0.3, -0.25) is 4.90 Å². The molecule has 9 heteroatoms. The molecule has 27 heavy (non-hydrogen) atoms. The van der Waals surface area contributed by atoms with Gasteiger partial charge in [-0.05, 0) is 39.7 Å². The first-order chi connectivity index (χ1) is 12.8. The highest BCUT2D eigenvalue weighted by Crippen LogP contribution is 2.41. The van der Waals surface area contributed by atoms with Crippen molar-refractivity contribution in [2.45, 2.75) is 12.4 Å². The van der Waals surface area contributed by atoms with Crippen LogP contribution in [0.3, 0.4) is 0 Å². The van der Waals surface area contributed by atoms with Gasteiger partial charge in [0.2, 0.25) is 0 Å². The maximum atomic E-state index is 12.4. The van der Waals surface area contributed by atoms with Crippen molar-refractivity contribution >= 4 is 27.5 Å². The predicted octanol–water partition coefficient (Wildman–Crippen LogP) is 4.70. The second kappa shape index (κ2) is 8.26. The molecule has 0 unspecified atom stereocenters. The third-order valence-electron chi connectivity index (χ3n) is 4.34. The fraction of sp³-hybridized carbons (Fsp3) is 0.333. The number of hydrogen-bond donors (Lipinski definition) is 2. The third kappa shape index (κ3) is 4.87. The number of piperazine rings is 1. The van der Waals surface area contributed by atoms with Gasteiger partial charge in [0.15, 0.2) is 0 Å². The van der Waals surface area contributed by atoms with Crippen LogP contribution in [0, 0.1) is 0 Å². The molecular weight excluding hydrogens is 449 g/mol. The zero-order valence-electron chi connectivity index (χ0n) is 14.1. The van der Waals surface area contributed by atoms with E-state index in [2.05, 4.69) is 30.9 Å². The fourth-order valence-electron chi connectivity index (χ4n) is 3.15. The summed E-state index contributed by atoms with van der Waals surface area (Å²) in [5, 5.41) is 14.2. The molecule has 1 aliphatic rings. The van der Waals surface area contributed by atoms with Gasteiger partial charge >= 0.3 is 6.36 Å². The number of alkyl halides is 3. The van der Waals surface area contributed by atoms with Crippen molar-refractivity contribution in [3.8, 4) is 11.5 Å². The molecule has 2 aromatic carbocycles. The van der Waals surface area contributed by atoms with Crippen molar-refractivity contribution in [2.75, 3.05) is 26.2 Å². The standard InChI is InChI=1S/C18H17BrClF3N2O2/c19-15-14(20)6-5-13(17(15)26)16(25-9-7-24-8-10-25)11-1-3-12(4-2-11)27-18(21,22)23/h1-6,16,24,26H,7-10H2/t16-/m0/s1. The van der Waals surface area contributed by atoms with Crippen LogP contribution in [0.15, 0.2) is 40.9 Å². The van der Waals surface area contributed by atoms with E-state index in [4.69, 9.17) is 11.6 Å². The molecule has 1 saturated heterocycles. The van der Waals surface area contributed by atoms with Crippen molar-refractivity contribution < 1.29 is 23.0 Å². The number of aromatic hydroxyl groups is 1. The average molecular weight is 466 g/mol. The van der Waals surface area contributed by atoms with Gasteiger partial charge in [0, 0.05) is 31.7 Å². The highest BCUT2D eigenvalue weighted by molar-refractivity contribution is 9.10. The van der Waals surface area contributed by atoms with Crippen LogP contribution in [0.25, 0.3) is 0 Å². The summed E-state index contributed by atoms with van der Waals surface area (Å²) in [5.41, 5.74) is 1.37. The second-order valence-electron chi connectivity index (χ2n) is 6.10. The van der Waals surface area contributed by atoms with Crippen LogP contribution in [-0.2, 0) is 0 Å². The summed E-state index contributed by atoms with van der Waals surface area (Å²) >= 11 is 9.33. The van der Waals surface area contributed by atoms with E-state index in [0.717, 1.165) is 31.7 Å². The molecule has 3 rings (SSSR count). The molecule has 0 amide bonds. The molecular formula is C18H17BrClF3N2O2. The zero-order valence-corrected chi connectivity index (χ0v) is 16.4. The van der Waals surface area contributed by atoms with Gasteiger partial charge < -0.3 is 15.2 Å². The van der Waals surface area contributed by atoms with Gasteiger partial charge in [0.1, 0.15) is 11.5 Å². The Hall–Kier alpha value is -1.48. The Morgan fingerprint density at radius 1 is 1.11 bits per heavy atom. The summed E-state index contributed by atoms with van der Waals surface area (Å²) in [6.07, 6.45) is -4.74. The average Bonchev–Trinajstić information content (AvgIpc) is 2.63. The molecule has 1 aliphatic heterocycles. The molecule has 4 nitrogen and oxygen atoms in total. The van der Waals surface area contributed by atoms with E-state index in [9.17, 15) is 18.3 Å². The molecule has 0 bridgehead atoms. The lowest BCUT2D eigenvalue weighted by Gasteiger charge is -2.36. The first-order valence-electron chi connectivity index (χ1n) is 8.23. The fourth-order valence-corrected chi connectivity index (χ4v) is 3.67. The van der Waals surface area contributed by atoms with E-state index >= 15 is 0 Å². The van der Waals surface area contributed by atoms with Gasteiger partial charge in [-0.25, -0.2) is 0 Å². The van der Waals surface area contributed by atoms with Crippen LogP contribution in [0.1, 0.15) is 17.2 Å². The van der Waals surface area contributed by atoms with Crippen molar-refractivity contribution in [2.24, 2.45) is 0 Å². The lowest BCUT2D eigenvalue weighted by Crippen LogP contribution is -2.45. The molecule has 1 fully saturated rings. The van der Waals surface area contributed by atoms with E-state index in [1.54, 1.807) is 24.3 Å². The minimum absolute atomic E-state index is 0.0154. The zero-order chi connectivity index (χ0) is 19.6.